The summed E-state index contributed by atoms with van der Waals surface area (Å²) in [5.74, 6) is 0.00746. The van der Waals surface area contributed by atoms with Gasteiger partial charge >= 0.3 is 0 Å². The van der Waals surface area contributed by atoms with E-state index in [4.69, 9.17) is 7.74 Å². The fraction of sp³-hybridized carbons (Fsp3) is 0.364. The van der Waals surface area contributed by atoms with Crippen LogP contribution in [0, 0.1) is 6.92 Å². The molecule has 1 rings (SSSR count). The minimum absolute atomic E-state index is 0.00746. The molecule has 0 aliphatic carbocycles. The minimum atomic E-state index is 0.00746. The Bertz CT molecular complexity index is 354. The number of anilines is 1. The van der Waals surface area contributed by atoms with E-state index in [2.05, 4.69) is 0 Å². The zero-order valence-electron chi connectivity index (χ0n) is 9.97. The first-order valence-corrected chi connectivity index (χ1v) is 5.13. The lowest BCUT2D eigenvalue weighted by Gasteiger charge is -2.21. The average Bonchev–Trinajstić information content (AvgIpc) is 2.28. The number of amides is 1. The molecule has 0 aromatic heterocycles. The van der Waals surface area contributed by atoms with Gasteiger partial charge in [-0.2, -0.15) is 0 Å². The van der Waals surface area contributed by atoms with E-state index in [1.54, 1.807) is 23.8 Å². The topological polar surface area (TPSA) is 23.6 Å². The van der Waals surface area contributed by atoms with Gasteiger partial charge in [0.2, 0.25) is 5.91 Å². The van der Waals surface area contributed by atoms with Gasteiger partial charge in [-0.3, -0.25) is 4.79 Å². The Balaban J connectivity index is 2.66. The van der Waals surface area contributed by atoms with Crippen LogP contribution < -0.4 is 4.90 Å². The van der Waals surface area contributed by atoms with Crippen molar-refractivity contribution >= 4 is 26.6 Å². The van der Waals surface area contributed by atoms with E-state index in [-0.39, 0.29) is 12.5 Å². The summed E-state index contributed by atoms with van der Waals surface area (Å²) < 4.78 is 0. The zero-order valence-corrected chi connectivity index (χ0v) is 9.97. The molecule has 0 aliphatic heterocycles. The molecule has 0 fully saturated rings. The number of nitrogens with zero attached hydrogens (tertiary/aromatic N) is 2. The summed E-state index contributed by atoms with van der Waals surface area (Å²) in [5, 5.41) is 0. The van der Waals surface area contributed by atoms with Crippen molar-refractivity contribution in [2.75, 3.05) is 25.5 Å². The summed E-state index contributed by atoms with van der Waals surface area (Å²) in [5.41, 5.74) is 2.07. The van der Waals surface area contributed by atoms with Gasteiger partial charge in [0.1, 0.15) is 7.31 Å². The van der Waals surface area contributed by atoms with Crippen molar-refractivity contribution in [3.8, 4) is 0 Å². The highest BCUT2D eigenvalue weighted by atomic mass is 16.2. The number of likely N-dealkylation sites (N-methyl/N-ethyl adjacent to an activating group) is 2. The number of aryl methyl sites for hydroxylation is 1. The van der Waals surface area contributed by atoms with E-state index in [1.165, 1.54) is 12.9 Å². The Labute approximate surface area is 99.1 Å². The smallest absolute Gasteiger partial charge is 0.239 e. The van der Waals surface area contributed by atoms with Crippen molar-refractivity contribution in [3.63, 3.8) is 0 Å². The summed E-state index contributed by atoms with van der Waals surface area (Å²) in [6, 6.07) is 7.83. The molecule has 0 atom stereocenters. The van der Waals surface area contributed by atoms with Gasteiger partial charge in [-0.25, -0.2) is 0 Å². The van der Waals surface area contributed by atoms with Crippen molar-refractivity contribution in [2.45, 2.75) is 6.92 Å². The van der Waals surface area contributed by atoms with Crippen LogP contribution >= 0.6 is 0 Å². The van der Waals surface area contributed by atoms with Crippen LogP contribution in [0.2, 0.25) is 0 Å². The first kappa shape index (κ1) is 12.8. The molecule has 3 nitrogen and oxygen atoms in total. The van der Waals surface area contributed by atoms with E-state index in [0.717, 1.165) is 5.69 Å². The van der Waals surface area contributed by atoms with Gasteiger partial charge in [0.05, 0.1) is 6.54 Å². The van der Waals surface area contributed by atoms with E-state index >= 15 is 0 Å². The van der Waals surface area contributed by atoms with E-state index in [9.17, 15) is 4.79 Å². The van der Waals surface area contributed by atoms with Crippen LogP contribution in [0.25, 0.3) is 0 Å². The molecule has 1 aromatic carbocycles. The SMILES string of the molecule is [B][B]N(C)CC(=O)N(C)c1ccc(C)cc1. The average molecular weight is 213 g/mol. The van der Waals surface area contributed by atoms with Crippen LogP contribution in [0.15, 0.2) is 24.3 Å². The second kappa shape index (κ2) is 5.75. The van der Waals surface area contributed by atoms with Crippen LogP contribution in [0.5, 0.6) is 0 Å². The van der Waals surface area contributed by atoms with Gasteiger partial charge in [-0.05, 0) is 26.1 Å². The van der Waals surface area contributed by atoms with Gasteiger partial charge in [0.15, 0.2) is 0 Å². The van der Waals surface area contributed by atoms with Gasteiger partial charge in [-0.1, -0.05) is 17.7 Å². The van der Waals surface area contributed by atoms with Crippen LogP contribution in [-0.4, -0.2) is 46.4 Å². The van der Waals surface area contributed by atoms with Crippen LogP contribution in [0.4, 0.5) is 5.69 Å². The second-order valence-corrected chi connectivity index (χ2v) is 3.85. The van der Waals surface area contributed by atoms with Gasteiger partial charge < -0.3 is 9.71 Å². The molecule has 0 saturated carbocycles. The van der Waals surface area contributed by atoms with Gasteiger partial charge in [0, 0.05) is 20.5 Å². The van der Waals surface area contributed by atoms with Crippen LogP contribution in [0.3, 0.4) is 0 Å². The Morgan fingerprint density at radius 1 is 1.31 bits per heavy atom. The highest BCUT2D eigenvalue weighted by molar-refractivity contribution is 6.87. The first-order valence-electron chi connectivity index (χ1n) is 5.13. The third-order valence-corrected chi connectivity index (χ3v) is 2.43. The van der Waals surface area contributed by atoms with Crippen molar-refractivity contribution in [2.24, 2.45) is 0 Å². The highest BCUT2D eigenvalue weighted by Crippen LogP contribution is 2.13. The molecule has 0 spiro atoms. The molecule has 1 amide bonds. The lowest BCUT2D eigenvalue weighted by atomic mass is 9.65. The van der Waals surface area contributed by atoms with Crippen molar-refractivity contribution in [3.05, 3.63) is 29.8 Å². The molecule has 81 valence electrons. The maximum absolute atomic E-state index is 11.8. The predicted octanol–water partition coefficient (Wildman–Crippen LogP) is 0.592. The Morgan fingerprint density at radius 2 is 1.88 bits per heavy atom. The van der Waals surface area contributed by atoms with Crippen molar-refractivity contribution < 1.29 is 4.79 Å². The second-order valence-electron chi connectivity index (χ2n) is 3.85. The van der Waals surface area contributed by atoms with Crippen molar-refractivity contribution in [1.82, 2.24) is 4.81 Å². The normalized spacial score (nSPS) is 10.2. The quantitative estimate of drug-likeness (QED) is 0.683. The fourth-order valence-corrected chi connectivity index (χ4v) is 1.28. The lowest BCUT2D eigenvalue weighted by molar-refractivity contribution is -0.118. The van der Waals surface area contributed by atoms with Gasteiger partial charge in [-0.15, -0.1) is 0 Å². The van der Waals surface area contributed by atoms with Crippen LogP contribution in [0.1, 0.15) is 5.56 Å². The van der Waals surface area contributed by atoms with Gasteiger partial charge in [0.25, 0.3) is 0 Å². The summed E-state index contributed by atoms with van der Waals surface area (Å²) in [4.78, 5) is 15.1. The van der Waals surface area contributed by atoms with Crippen LogP contribution in [-0.2, 0) is 4.79 Å². The Kier molecular flexibility index (Phi) is 4.62. The zero-order chi connectivity index (χ0) is 12.1. The molecular formula is C11H15B2N2O. The molecule has 0 heterocycles. The number of rotatable bonds is 4. The largest absolute Gasteiger partial charge is 0.351 e. The highest BCUT2D eigenvalue weighted by Gasteiger charge is 2.11. The fourth-order valence-electron chi connectivity index (χ4n) is 1.28. The summed E-state index contributed by atoms with van der Waals surface area (Å²) >= 11 is 0. The maximum atomic E-state index is 11.8. The molecule has 1 aromatic rings. The summed E-state index contributed by atoms with van der Waals surface area (Å²) in [6.45, 7) is 2.30. The number of hydrogen-bond acceptors (Lipinski definition) is 2. The van der Waals surface area contributed by atoms with E-state index in [0.29, 0.717) is 0 Å². The lowest BCUT2D eigenvalue weighted by Crippen LogP contribution is -2.38. The van der Waals surface area contributed by atoms with E-state index < -0.39 is 0 Å². The van der Waals surface area contributed by atoms with E-state index in [1.807, 2.05) is 31.2 Å². The minimum Gasteiger partial charge on any atom is -0.351 e. The third-order valence-electron chi connectivity index (χ3n) is 2.43. The Hall–Kier alpha value is -1.22. The molecule has 0 bridgehead atoms. The van der Waals surface area contributed by atoms with Crippen molar-refractivity contribution in [1.29, 1.82) is 0 Å². The maximum Gasteiger partial charge on any atom is 0.239 e. The number of benzene rings is 1. The predicted molar refractivity (Wildman–Crippen MR) is 68.7 cm³/mol. The molecule has 0 saturated heterocycles. The monoisotopic (exact) mass is 213 g/mol. The molecule has 0 N–H and O–H groups in total. The summed E-state index contributed by atoms with van der Waals surface area (Å²) in [7, 11) is 10.2. The molecule has 0 aliphatic rings. The standard InChI is InChI=1S/C11H15B2N2O/c1-9-4-6-10(7-5-9)15(3)11(16)8-14(2)13-12/h4-7H,8H2,1-3H3. The Morgan fingerprint density at radius 3 is 2.38 bits per heavy atom. The summed E-state index contributed by atoms with van der Waals surface area (Å²) in [6.07, 6.45) is 0. The third kappa shape index (κ3) is 3.42. The first-order chi connectivity index (χ1) is 7.54. The number of carbonyl (C=O) groups is 1. The number of carbonyl (C=O) groups excluding carboxylic acids is 1. The molecule has 16 heavy (non-hydrogen) atoms. The number of hydrogen-bond donors (Lipinski definition) is 0. The molecule has 0 unspecified atom stereocenters. The molecule has 5 heteroatoms. The molecular weight excluding hydrogens is 198 g/mol. The molecule has 3 radical (unpaired) electrons.